The molecule has 0 amide bonds. The normalized spacial score (nSPS) is 14.7. The first-order chi connectivity index (χ1) is 9.72. The monoisotopic (exact) mass is 288 g/mol. The van der Waals surface area contributed by atoms with Gasteiger partial charge in [0.1, 0.15) is 5.54 Å². The van der Waals surface area contributed by atoms with Crippen LogP contribution in [0.4, 0.5) is 0 Å². The zero-order valence-corrected chi connectivity index (χ0v) is 12.4. The van der Waals surface area contributed by atoms with E-state index in [4.69, 9.17) is 5.73 Å². The van der Waals surface area contributed by atoms with Crippen molar-refractivity contribution in [3.05, 3.63) is 42.2 Å². The molecule has 0 aliphatic carbocycles. The van der Waals surface area contributed by atoms with Gasteiger partial charge < -0.3 is 10.8 Å². The number of carbonyl (C=O) groups is 1. The third kappa shape index (κ3) is 3.28. The van der Waals surface area contributed by atoms with Crippen LogP contribution in [0.1, 0.15) is 32.8 Å². The molecule has 1 aromatic carbocycles. The number of carboxylic acid groups (broad SMARTS) is 1. The standard InChI is InChI=1S/C15H20N4O2/c1-14(2,3)10-15(16,13(20)21)11-4-6-12(7-5-11)19-17-8-9-18-19/h4-9H,10,16H2,1-3H3,(H,20,21)/t15-/m1/s1. The maximum absolute atomic E-state index is 11.7. The fourth-order valence-corrected chi connectivity index (χ4v) is 2.38. The van der Waals surface area contributed by atoms with Gasteiger partial charge >= 0.3 is 5.97 Å². The highest BCUT2D eigenvalue weighted by Crippen LogP contribution is 2.33. The average Bonchev–Trinajstić information content (AvgIpc) is 2.90. The third-order valence-corrected chi connectivity index (χ3v) is 3.22. The van der Waals surface area contributed by atoms with Crippen LogP contribution >= 0.6 is 0 Å². The zero-order chi connectivity index (χ0) is 15.7. The molecule has 2 aromatic rings. The summed E-state index contributed by atoms with van der Waals surface area (Å²) >= 11 is 0. The lowest BCUT2D eigenvalue weighted by Gasteiger charge is -2.32. The molecule has 0 radical (unpaired) electrons. The average molecular weight is 288 g/mol. The summed E-state index contributed by atoms with van der Waals surface area (Å²) in [5.41, 5.74) is 5.90. The summed E-state index contributed by atoms with van der Waals surface area (Å²) < 4.78 is 0. The number of hydrogen-bond donors (Lipinski definition) is 2. The second-order valence-corrected chi connectivity index (χ2v) is 6.38. The van der Waals surface area contributed by atoms with E-state index in [-0.39, 0.29) is 5.41 Å². The van der Waals surface area contributed by atoms with Crippen molar-refractivity contribution in [2.24, 2.45) is 11.1 Å². The topological polar surface area (TPSA) is 94.0 Å². The van der Waals surface area contributed by atoms with Crippen LogP contribution in [0.25, 0.3) is 5.69 Å². The van der Waals surface area contributed by atoms with Crippen molar-refractivity contribution in [2.75, 3.05) is 0 Å². The molecule has 0 unspecified atom stereocenters. The molecule has 0 aliphatic heterocycles. The minimum Gasteiger partial charge on any atom is -0.480 e. The van der Waals surface area contributed by atoms with Crippen molar-refractivity contribution in [1.82, 2.24) is 15.0 Å². The lowest BCUT2D eigenvalue weighted by atomic mass is 9.76. The number of aliphatic carboxylic acids is 1. The number of nitrogens with two attached hydrogens (primary N) is 1. The van der Waals surface area contributed by atoms with Crippen LogP contribution in [0.5, 0.6) is 0 Å². The van der Waals surface area contributed by atoms with Crippen LogP contribution < -0.4 is 5.73 Å². The SMILES string of the molecule is CC(C)(C)C[C@](N)(C(=O)O)c1ccc(-n2nccn2)cc1. The van der Waals surface area contributed by atoms with E-state index < -0.39 is 11.5 Å². The van der Waals surface area contributed by atoms with Crippen molar-refractivity contribution in [2.45, 2.75) is 32.7 Å². The second kappa shape index (κ2) is 5.29. The molecule has 3 N–H and O–H groups in total. The van der Waals surface area contributed by atoms with Crippen molar-refractivity contribution < 1.29 is 9.90 Å². The summed E-state index contributed by atoms with van der Waals surface area (Å²) in [5.74, 6) is -1.03. The Morgan fingerprint density at radius 3 is 2.14 bits per heavy atom. The van der Waals surface area contributed by atoms with Crippen molar-refractivity contribution in [3.8, 4) is 5.69 Å². The highest BCUT2D eigenvalue weighted by molar-refractivity contribution is 5.80. The molecular formula is C15H20N4O2. The lowest BCUT2D eigenvalue weighted by molar-refractivity contribution is -0.145. The first-order valence-electron chi connectivity index (χ1n) is 6.72. The van der Waals surface area contributed by atoms with Gasteiger partial charge in [-0.15, -0.1) is 0 Å². The molecule has 0 saturated carbocycles. The zero-order valence-electron chi connectivity index (χ0n) is 12.4. The third-order valence-electron chi connectivity index (χ3n) is 3.22. The van der Waals surface area contributed by atoms with E-state index in [1.165, 1.54) is 4.80 Å². The van der Waals surface area contributed by atoms with Crippen molar-refractivity contribution in [1.29, 1.82) is 0 Å². The molecule has 1 heterocycles. The van der Waals surface area contributed by atoms with Crippen molar-refractivity contribution >= 4 is 5.97 Å². The first kappa shape index (κ1) is 15.2. The van der Waals surface area contributed by atoms with Crippen LogP contribution in [0, 0.1) is 5.41 Å². The number of benzene rings is 1. The Labute approximate surface area is 123 Å². The van der Waals surface area contributed by atoms with Crippen LogP contribution in [0.15, 0.2) is 36.7 Å². The molecule has 0 fully saturated rings. The fraction of sp³-hybridized carbons (Fsp3) is 0.400. The molecule has 2 rings (SSSR count). The van der Waals surface area contributed by atoms with Crippen molar-refractivity contribution in [3.63, 3.8) is 0 Å². The minimum absolute atomic E-state index is 0.199. The minimum atomic E-state index is -1.41. The van der Waals surface area contributed by atoms with E-state index in [1.54, 1.807) is 36.7 Å². The van der Waals surface area contributed by atoms with Crippen LogP contribution in [0.3, 0.4) is 0 Å². The Balaban J connectivity index is 2.36. The van der Waals surface area contributed by atoms with Gasteiger partial charge in [0, 0.05) is 0 Å². The smallest absolute Gasteiger partial charge is 0.328 e. The molecule has 1 aromatic heterocycles. The van der Waals surface area contributed by atoms with Crippen LogP contribution in [0.2, 0.25) is 0 Å². The summed E-state index contributed by atoms with van der Waals surface area (Å²) in [6.45, 7) is 5.92. The van der Waals surface area contributed by atoms with Gasteiger partial charge in [-0.3, -0.25) is 0 Å². The highest BCUT2D eigenvalue weighted by Gasteiger charge is 2.39. The van der Waals surface area contributed by atoms with Gasteiger partial charge in [-0.05, 0) is 29.5 Å². The van der Waals surface area contributed by atoms with Gasteiger partial charge in [0.05, 0.1) is 18.1 Å². The molecule has 6 nitrogen and oxygen atoms in total. The second-order valence-electron chi connectivity index (χ2n) is 6.38. The summed E-state index contributed by atoms with van der Waals surface area (Å²) in [4.78, 5) is 13.1. The molecule has 0 saturated heterocycles. The number of nitrogens with zero attached hydrogens (tertiary/aromatic N) is 3. The van der Waals surface area contributed by atoms with E-state index in [1.807, 2.05) is 20.8 Å². The predicted octanol–water partition coefficient (Wildman–Crippen LogP) is 1.94. The summed E-state index contributed by atoms with van der Waals surface area (Å²) in [6.07, 6.45) is 3.50. The molecule has 1 atom stereocenters. The van der Waals surface area contributed by atoms with E-state index in [0.717, 1.165) is 5.69 Å². The summed E-state index contributed by atoms with van der Waals surface area (Å²) in [5, 5.41) is 17.6. The molecule has 21 heavy (non-hydrogen) atoms. The van der Waals surface area contributed by atoms with E-state index >= 15 is 0 Å². The molecular weight excluding hydrogens is 268 g/mol. The van der Waals surface area contributed by atoms with Gasteiger partial charge in [0.15, 0.2) is 0 Å². The lowest BCUT2D eigenvalue weighted by Crippen LogP contribution is -2.47. The predicted molar refractivity (Wildman–Crippen MR) is 78.9 cm³/mol. The molecule has 112 valence electrons. The number of carboxylic acids is 1. The van der Waals surface area contributed by atoms with Gasteiger partial charge in [0.2, 0.25) is 0 Å². The Kier molecular flexibility index (Phi) is 3.82. The fourth-order valence-electron chi connectivity index (χ4n) is 2.38. The van der Waals surface area contributed by atoms with Gasteiger partial charge in [-0.1, -0.05) is 32.9 Å². The van der Waals surface area contributed by atoms with Gasteiger partial charge in [-0.2, -0.15) is 15.0 Å². The molecule has 0 bridgehead atoms. The molecule has 6 heteroatoms. The number of rotatable bonds is 4. The largest absolute Gasteiger partial charge is 0.480 e. The number of aromatic nitrogens is 3. The highest BCUT2D eigenvalue weighted by atomic mass is 16.4. The van der Waals surface area contributed by atoms with E-state index in [0.29, 0.717) is 12.0 Å². The number of hydrogen-bond acceptors (Lipinski definition) is 4. The maximum atomic E-state index is 11.7. The van der Waals surface area contributed by atoms with Crippen LogP contribution in [-0.4, -0.2) is 26.1 Å². The quantitative estimate of drug-likeness (QED) is 0.896. The first-order valence-corrected chi connectivity index (χ1v) is 6.72. The maximum Gasteiger partial charge on any atom is 0.328 e. The van der Waals surface area contributed by atoms with Crippen LogP contribution in [-0.2, 0) is 10.3 Å². The Morgan fingerprint density at radius 1 is 1.19 bits per heavy atom. The van der Waals surface area contributed by atoms with Gasteiger partial charge in [-0.25, -0.2) is 4.79 Å². The molecule has 0 spiro atoms. The van der Waals surface area contributed by atoms with E-state index in [9.17, 15) is 9.90 Å². The van der Waals surface area contributed by atoms with E-state index in [2.05, 4.69) is 10.2 Å². The van der Waals surface area contributed by atoms with Gasteiger partial charge in [0.25, 0.3) is 0 Å². The Morgan fingerprint density at radius 2 is 1.71 bits per heavy atom. The Hall–Kier alpha value is -2.21. The summed E-state index contributed by atoms with van der Waals surface area (Å²) in [7, 11) is 0. The molecule has 0 aliphatic rings. The summed E-state index contributed by atoms with van der Waals surface area (Å²) in [6, 6.07) is 6.97. The Bertz CT molecular complexity index is 614.